The molecule has 2 bridgehead atoms. The van der Waals surface area contributed by atoms with Gasteiger partial charge in [0.25, 0.3) is 0 Å². The third-order valence-corrected chi connectivity index (χ3v) is 5.50. The predicted octanol–water partition coefficient (Wildman–Crippen LogP) is 2.13. The zero-order chi connectivity index (χ0) is 15.6. The zero-order valence-corrected chi connectivity index (χ0v) is 12.6. The summed E-state index contributed by atoms with van der Waals surface area (Å²) >= 11 is 0. The third-order valence-electron chi connectivity index (χ3n) is 5.50. The summed E-state index contributed by atoms with van der Waals surface area (Å²) in [6.07, 6.45) is 5.50. The molecular weight excluding hydrogens is 258 g/mol. The van der Waals surface area contributed by atoms with E-state index in [1.807, 2.05) is 0 Å². The topological polar surface area (TPSA) is 86.6 Å². The number of hydrogen-bond acceptors (Lipinski definition) is 3. The Kier molecular flexibility index (Phi) is 4.97. The Hall–Kier alpha value is -1.36. The first kappa shape index (κ1) is 16.7. The Morgan fingerprint density at radius 2 is 1.50 bits per heavy atom. The van der Waals surface area contributed by atoms with Crippen molar-refractivity contribution in [3.8, 4) is 0 Å². The van der Waals surface area contributed by atoms with Gasteiger partial charge in [0.2, 0.25) is 0 Å². The highest BCUT2D eigenvalue weighted by molar-refractivity contribution is 5.89. The first-order valence-electron chi connectivity index (χ1n) is 6.98. The smallest absolute Gasteiger partial charge is 0.328 e. The Bertz CT molecular complexity index is 400. The highest BCUT2D eigenvalue weighted by atomic mass is 16.4. The van der Waals surface area contributed by atoms with Crippen LogP contribution in [0.4, 0.5) is 0 Å². The second-order valence-electron chi connectivity index (χ2n) is 6.39. The van der Waals surface area contributed by atoms with Crippen molar-refractivity contribution < 1.29 is 19.8 Å². The van der Waals surface area contributed by atoms with Crippen LogP contribution in [0.25, 0.3) is 0 Å². The lowest BCUT2D eigenvalue weighted by molar-refractivity contribution is -0.134. The van der Waals surface area contributed by atoms with Crippen LogP contribution in [-0.2, 0) is 9.59 Å². The van der Waals surface area contributed by atoms with Gasteiger partial charge in [0, 0.05) is 17.7 Å². The van der Waals surface area contributed by atoms with Crippen molar-refractivity contribution in [2.45, 2.75) is 45.6 Å². The average molecular weight is 283 g/mol. The van der Waals surface area contributed by atoms with Crippen molar-refractivity contribution in [1.29, 1.82) is 0 Å². The first-order chi connectivity index (χ1) is 9.15. The van der Waals surface area contributed by atoms with Crippen LogP contribution in [0.2, 0.25) is 0 Å². The maximum absolute atomic E-state index is 9.55. The standard InChI is InChI=1S/C11H21N.C4H4O4/c1-10(2)8-5-6-9(7-8)11(10,3)12-4;5-3(6)1-2-4(7)8/h8-9,12H,5-7H2,1-4H3;1-2H,(H,5,6)(H,7,8)/b;2-1-. The number of rotatable bonds is 3. The van der Waals surface area contributed by atoms with Crippen molar-refractivity contribution in [3.05, 3.63) is 12.2 Å². The molecule has 0 spiro atoms. The maximum Gasteiger partial charge on any atom is 0.328 e. The molecule has 20 heavy (non-hydrogen) atoms. The Morgan fingerprint density at radius 1 is 1.05 bits per heavy atom. The molecule has 0 aliphatic heterocycles. The van der Waals surface area contributed by atoms with Crippen LogP contribution in [-0.4, -0.2) is 34.7 Å². The SMILES string of the molecule is CNC1(C)C2CCC(C2)C1(C)C.O=C(O)/C=C\C(=O)O. The fourth-order valence-corrected chi connectivity index (χ4v) is 3.78. The number of fused-ring (bicyclic) bond motifs is 2. The monoisotopic (exact) mass is 283 g/mol. The van der Waals surface area contributed by atoms with E-state index in [9.17, 15) is 9.59 Å². The van der Waals surface area contributed by atoms with Crippen molar-refractivity contribution in [2.24, 2.45) is 17.3 Å². The van der Waals surface area contributed by atoms with Crippen LogP contribution < -0.4 is 5.32 Å². The number of carboxylic acid groups (broad SMARTS) is 2. The molecule has 5 nitrogen and oxygen atoms in total. The molecule has 2 aliphatic rings. The molecule has 2 aliphatic carbocycles. The van der Waals surface area contributed by atoms with Crippen LogP contribution >= 0.6 is 0 Å². The summed E-state index contributed by atoms with van der Waals surface area (Å²) in [5.74, 6) is -0.609. The Labute approximate surface area is 120 Å². The molecule has 0 aromatic carbocycles. The van der Waals surface area contributed by atoms with E-state index in [0.717, 1.165) is 11.8 Å². The molecule has 2 saturated carbocycles. The van der Waals surface area contributed by atoms with Crippen molar-refractivity contribution >= 4 is 11.9 Å². The zero-order valence-electron chi connectivity index (χ0n) is 12.6. The van der Waals surface area contributed by atoms with Gasteiger partial charge in [0.15, 0.2) is 0 Å². The van der Waals surface area contributed by atoms with Gasteiger partial charge in [-0.2, -0.15) is 0 Å². The molecule has 3 atom stereocenters. The molecule has 5 heteroatoms. The highest BCUT2D eigenvalue weighted by Crippen LogP contribution is 2.60. The molecule has 3 unspecified atom stereocenters. The van der Waals surface area contributed by atoms with Crippen LogP contribution in [0, 0.1) is 17.3 Å². The summed E-state index contributed by atoms with van der Waals surface area (Å²) in [5.41, 5.74) is 0.903. The largest absolute Gasteiger partial charge is 0.478 e. The predicted molar refractivity (Wildman–Crippen MR) is 76.5 cm³/mol. The molecule has 0 aromatic rings. The van der Waals surface area contributed by atoms with E-state index in [2.05, 4.69) is 33.1 Å². The van der Waals surface area contributed by atoms with Gasteiger partial charge in [-0.05, 0) is 50.5 Å². The number of hydrogen-bond donors (Lipinski definition) is 3. The number of nitrogens with one attached hydrogen (secondary N) is 1. The number of carboxylic acids is 2. The van der Waals surface area contributed by atoms with E-state index in [1.54, 1.807) is 0 Å². The van der Waals surface area contributed by atoms with Gasteiger partial charge >= 0.3 is 11.9 Å². The van der Waals surface area contributed by atoms with Crippen molar-refractivity contribution in [1.82, 2.24) is 5.32 Å². The Morgan fingerprint density at radius 3 is 1.75 bits per heavy atom. The molecule has 2 fully saturated rings. The minimum absolute atomic E-state index is 0.399. The Balaban J connectivity index is 0.000000221. The quantitative estimate of drug-likeness (QED) is 0.691. The van der Waals surface area contributed by atoms with E-state index in [-0.39, 0.29) is 0 Å². The summed E-state index contributed by atoms with van der Waals surface area (Å²) in [6, 6.07) is 0. The highest BCUT2D eigenvalue weighted by Gasteiger charge is 2.59. The summed E-state index contributed by atoms with van der Waals surface area (Å²) in [4.78, 5) is 19.1. The molecule has 0 aromatic heterocycles. The van der Waals surface area contributed by atoms with E-state index >= 15 is 0 Å². The van der Waals surface area contributed by atoms with E-state index in [1.165, 1.54) is 19.3 Å². The van der Waals surface area contributed by atoms with Crippen molar-refractivity contribution in [2.75, 3.05) is 7.05 Å². The molecule has 0 heterocycles. The summed E-state index contributed by atoms with van der Waals surface area (Å²) < 4.78 is 0. The van der Waals surface area contributed by atoms with Gasteiger partial charge in [0.1, 0.15) is 0 Å². The van der Waals surface area contributed by atoms with E-state index < -0.39 is 11.9 Å². The summed E-state index contributed by atoms with van der Waals surface area (Å²) in [7, 11) is 2.13. The number of carbonyl (C=O) groups is 2. The second kappa shape index (κ2) is 5.95. The van der Waals surface area contributed by atoms with Gasteiger partial charge in [-0.3, -0.25) is 0 Å². The molecule has 0 amide bonds. The lowest BCUT2D eigenvalue weighted by atomic mass is 9.64. The van der Waals surface area contributed by atoms with Crippen LogP contribution in [0.5, 0.6) is 0 Å². The fourth-order valence-electron chi connectivity index (χ4n) is 3.78. The molecule has 0 saturated heterocycles. The second-order valence-corrected chi connectivity index (χ2v) is 6.39. The van der Waals surface area contributed by atoms with Gasteiger partial charge < -0.3 is 15.5 Å². The normalized spacial score (nSPS) is 33.8. The van der Waals surface area contributed by atoms with Gasteiger partial charge in [-0.25, -0.2) is 9.59 Å². The first-order valence-corrected chi connectivity index (χ1v) is 6.98. The fraction of sp³-hybridized carbons (Fsp3) is 0.733. The minimum atomic E-state index is -1.26. The van der Waals surface area contributed by atoms with Crippen LogP contribution in [0.15, 0.2) is 12.2 Å². The lowest BCUT2D eigenvalue weighted by Gasteiger charge is -2.47. The summed E-state index contributed by atoms with van der Waals surface area (Å²) in [5, 5.41) is 19.2. The van der Waals surface area contributed by atoms with E-state index in [4.69, 9.17) is 10.2 Å². The average Bonchev–Trinajstić information content (AvgIpc) is 2.91. The lowest BCUT2D eigenvalue weighted by Crippen LogP contribution is -2.55. The maximum atomic E-state index is 9.55. The summed E-state index contributed by atoms with van der Waals surface area (Å²) in [6.45, 7) is 7.29. The van der Waals surface area contributed by atoms with E-state index in [0.29, 0.717) is 23.1 Å². The van der Waals surface area contributed by atoms with Gasteiger partial charge in [0.05, 0.1) is 0 Å². The van der Waals surface area contributed by atoms with Crippen LogP contribution in [0.3, 0.4) is 0 Å². The third kappa shape index (κ3) is 3.03. The van der Waals surface area contributed by atoms with Crippen LogP contribution in [0.1, 0.15) is 40.0 Å². The number of aliphatic carboxylic acids is 2. The molecule has 114 valence electrons. The van der Waals surface area contributed by atoms with Gasteiger partial charge in [-0.1, -0.05) is 13.8 Å². The molecular formula is C15H25NO4. The molecule has 2 rings (SSSR count). The van der Waals surface area contributed by atoms with Crippen molar-refractivity contribution in [3.63, 3.8) is 0 Å². The molecule has 0 radical (unpaired) electrons. The minimum Gasteiger partial charge on any atom is -0.478 e. The van der Waals surface area contributed by atoms with Gasteiger partial charge in [-0.15, -0.1) is 0 Å². The molecule has 3 N–H and O–H groups in total.